The van der Waals surface area contributed by atoms with Crippen molar-refractivity contribution in [1.82, 2.24) is 4.72 Å². The fraction of sp³-hybridized carbons (Fsp3) is 0.381. The van der Waals surface area contributed by atoms with Gasteiger partial charge >= 0.3 is 18.4 Å². The lowest BCUT2D eigenvalue weighted by Crippen LogP contribution is -2.33. The van der Waals surface area contributed by atoms with Crippen molar-refractivity contribution in [2.24, 2.45) is 5.92 Å². The standard InChI is InChI=1S/C21H21F6N3O5S/c22-20(23,24)12-28-36(32,33)16-4-5-18(35-11-13-6-7-34-10-13)17(9-16)30-19(31)29-15-3-1-2-14(8-15)21(25,26)27/h1-5,8-9,13,28H,6-7,10-12H2,(H2,29,30,31). The van der Waals surface area contributed by atoms with E-state index in [4.69, 9.17) is 9.47 Å². The molecule has 0 aromatic heterocycles. The van der Waals surface area contributed by atoms with E-state index in [9.17, 15) is 39.6 Å². The van der Waals surface area contributed by atoms with Crippen LogP contribution in [0.3, 0.4) is 0 Å². The van der Waals surface area contributed by atoms with Gasteiger partial charge in [-0.2, -0.15) is 26.3 Å². The molecule has 36 heavy (non-hydrogen) atoms. The van der Waals surface area contributed by atoms with E-state index in [-0.39, 0.29) is 29.6 Å². The molecule has 0 saturated carbocycles. The predicted octanol–water partition coefficient (Wildman–Crippen LogP) is 4.61. The number of urea groups is 1. The van der Waals surface area contributed by atoms with Gasteiger partial charge in [-0.3, -0.25) is 0 Å². The number of carbonyl (C=O) groups excluding carboxylic acids is 1. The second-order valence-corrected chi connectivity index (χ2v) is 9.56. The highest BCUT2D eigenvalue weighted by molar-refractivity contribution is 7.89. The van der Waals surface area contributed by atoms with E-state index >= 15 is 0 Å². The Morgan fingerprint density at radius 2 is 1.81 bits per heavy atom. The van der Waals surface area contributed by atoms with E-state index in [2.05, 4.69) is 10.6 Å². The quantitative estimate of drug-likeness (QED) is 0.424. The van der Waals surface area contributed by atoms with Gasteiger partial charge in [-0.1, -0.05) is 6.07 Å². The maximum absolute atomic E-state index is 12.9. The molecule has 1 unspecified atom stereocenters. The van der Waals surface area contributed by atoms with E-state index in [1.54, 1.807) is 0 Å². The number of hydrogen-bond acceptors (Lipinski definition) is 5. The SMILES string of the molecule is O=C(Nc1cccc(C(F)(F)F)c1)Nc1cc(S(=O)(=O)NCC(F)(F)F)ccc1OCC1CCOC1. The van der Waals surface area contributed by atoms with Crippen LogP contribution in [0.1, 0.15) is 12.0 Å². The number of carbonyl (C=O) groups is 1. The molecule has 2 aromatic carbocycles. The zero-order valence-corrected chi connectivity index (χ0v) is 19.2. The van der Waals surface area contributed by atoms with Gasteiger partial charge in [0, 0.05) is 18.2 Å². The summed E-state index contributed by atoms with van der Waals surface area (Å²) in [5.74, 6) is 0.0181. The van der Waals surface area contributed by atoms with Crippen LogP contribution in [0.4, 0.5) is 42.5 Å². The first-order chi connectivity index (χ1) is 16.7. The van der Waals surface area contributed by atoms with Crippen LogP contribution in [0, 0.1) is 5.92 Å². The minimum absolute atomic E-state index is 0.00383. The topological polar surface area (TPSA) is 106 Å². The summed E-state index contributed by atoms with van der Waals surface area (Å²) >= 11 is 0. The molecule has 0 spiro atoms. The van der Waals surface area contributed by atoms with Crippen LogP contribution in [-0.2, 0) is 20.9 Å². The number of amides is 2. The fourth-order valence-corrected chi connectivity index (χ4v) is 4.18. The van der Waals surface area contributed by atoms with Crippen molar-refractivity contribution in [3.05, 3.63) is 48.0 Å². The zero-order valence-electron chi connectivity index (χ0n) is 18.4. The molecular formula is C21H21F6N3O5S. The molecule has 0 bridgehead atoms. The van der Waals surface area contributed by atoms with E-state index in [0.717, 1.165) is 30.3 Å². The van der Waals surface area contributed by atoms with Gasteiger partial charge < -0.3 is 20.1 Å². The molecule has 2 aromatic rings. The van der Waals surface area contributed by atoms with Crippen molar-refractivity contribution >= 4 is 27.4 Å². The van der Waals surface area contributed by atoms with Crippen molar-refractivity contribution in [3.63, 3.8) is 0 Å². The number of alkyl halides is 6. The highest BCUT2D eigenvalue weighted by atomic mass is 32.2. The lowest BCUT2D eigenvalue weighted by molar-refractivity contribution is -0.137. The lowest BCUT2D eigenvalue weighted by atomic mass is 10.1. The summed E-state index contributed by atoms with van der Waals surface area (Å²) < 4.78 is 113. The lowest BCUT2D eigenvalue weighted by Gasteiger charge is -2.17. The van der Waals surface area contributed by atoms with Crippen LogP contribution in [0.2, 0.25) is 0 Å². The molecule has 0 aliphatic carbocycles. The van der Waals surface area contributed by atoms with E-state index in [1.807, 2.05) is 0 Å². The number of ether oxygens (including phenoxy) is 2. The summed E-state index contributed by atoms with van der Waals surface area (Å²) in [4.78, 5) is 11.9. The molecule has 198 valence electrons. The van der Waals surface area contributed by atoms with Crippen molar-refractivity contribution < 1.29 is 49.0 Å². The molecule has 1 saturated heterocycles. The molecule has 3 rings (SSSR count). The average Bonchev–Trinajstić information content (AvgIpc) is 3.30. The molecule has 1 aliphatic heterocycles. The first kappa shape index (κ1) is 27.5. The maximum atomic E-state index is 12.9. The normalized spacial score (nSPS) is 16.6. The Labute approximate surface area is 202 Å². The second kappa shape index (κ2) is 10.9. The van der Waals surface area contributed by atoms with Crippen molar-refractivity contribution in [1.29, 1.82) is 0 Å². The summed E-state index contributed by atoms with van der Waals surface area (Å²) in [7, 11) is -4.62. The van der Waals surface area contributed by atoms with Gasteiger partial charge in [0.15, 0.2) is 0 Å². The summed E-state index contributed by atoms with van der Waals surface area (Å²) in [5.41, 5.74) is -1.44. The van der Waals surface area contributed by atoms with Crippen molar-refractivity contribution in [2.45, 2.75) is 23.7 Å². The fourth-order valence-electron chi connectivity index (χ4n) is 3.14. The van der Waals surface area contributed by atoms with Crippen LogP contribution in [0.25, 0.3) is 0 Å². The average molecular weight is 541 g/mol. The number of sulfonamides is 1. The predicted molar refractivity (Wildman–Crippen MR) is 116 cm³/mol. The highest BCUT2D eigenvalue weighted by Crippen LogP contribution is 2.32. The van der Waals surface area contributed by atoms with Gasteiger partial charge in [-0.05, 0) is 42.8 Å². The van der Waals surface area contributed by atoms with Crippen LogP contribution in [-0.4, -0.2) is 47.0 Å². The number of halogens is 6. The third kappa shape index (κ3) is 7.99. The minimum atomic E-state index is -4.80. The molecule has 1 atom stereocenters. The summed E-state index contributed by atoms with van der Waals surface area (Å²) in [6.07, 6.45) is -8.75. The maximum Gasteiger partial charge on any atom is 0.416 e. The Kier molecular flexibility index (Phi) is 8.36. The van der Waals surface area contributed by atoms with Gasteiger partial charge in [-0.15, -0.1) is 0 Å². The van der Waals surface area contributed by atoms with Gasteiger partial charge in [0.1, 0.15) is 12.3 Å². The van der Waals surface area contributed by atoms with Crippen LogP contribution >= 0.6 is 0 Å². The molecule has 3 N–H and O–H groups in total. The molecule has 1 aliphatic rings. The smallest absolute Gasteiger partial charge is 0.416 e. The van der Waals surface area contributed by atoms with Crippen LogP contribution in [0.15, 0.2) is 47.4 Å². The Bertz CT molecular complexity index is 1180. The third-order valence-electron chi connectivity index (χ3n) is 4.92. The number of hydrogen-bond donors (Lipinski definition) is 3. The van der Waals surface area contributed by atoms with Gasteiger partial charge in [-0.25, -0.2) is 17.9 Å². The first-order valence-electron chi connectivity index (χ1n) is 10.4. The van der Waals surface area contributed by atoms with Gasteiger partial charge in [0.25, 0.3) is 0 Å². The second-order valence-electron chi connectivity index (χ2n) is 7.80. The Hall–Kier alpha value is -3.04. The minimum Gasteiger partial charge on any atom is -0.491 e. The largest absolute Gasteiger partial charge is 0.491 e. The molecule has 8 nitrogen and oxygen atoms in total. The number of anilines is 2. The molecule has 1 fully saturated rings. The third-order valence-corrected chi connectivity index (χ3v) is 6.32. The van der Waals surface area contributed by atoms with E-state index in [1.165, 1.54) is 10.8 Å². The Balaban J connectivity index is 1.82. The van der Waals surface area contributed by atoms with Crippen LogP contribution in [0.5, 0.6) is 5.75 Å². The summed E-state index contributed by atoms with van der Waals surface area (Å²) in [6.45, 7) is -0.719. The van der Waals surface area contributed by atoms with Crippen LogP contribution < -0.4 is 20.1 Å². The molecular weight excluding hydrogens is 520 g/mol. The monoisotopic (exact) mass is 541 g/mol. The van der Waals surface area contributed by atoms with Gasteiger partial charge in [0.05, 0.1) is 29.4 Å². The summed E-state index contributed by atoms with van der Waals surface area (Å²) in [6, 6.07) is 5.77. The number of rotatable bonds is 8. The van der Waals surface area contributed by atoms with Crippen molar-refractivity contribution in [2.75, 3.05) is 37.0 Å². The highest BCUT2D eigenvalue weighted by Gasteiger charge is 2.31. The van der Waals surface area contributed by atoms with E-state index in [0.29, 0.717) is 25.7 Å². The number of benzene rings is 2. The van der Waals surface area contributed by atoms with Gasteiger partial charge in [0.2, 0.25) is 10.0 Å². The van der Waals surface area contributed by atoms with Crippen molar-refractivity contribution in [3.8, 4) is 5.75 Å². The summed E-state index contributed by atoms with van der Waals surface area (Å²) in [5, 5.41) is 4.47. The van der Waals surface area contributed by atoms with E-state index < -0.39 is 45.4 Å². The first-order valence-corrected chi connectivity index (χ1v) is 11.9. The molecule has 1 heterocycles. The molecule has 0 radical (unpaired) electrons. The zero-order chi connectivity index (χ0) is 26.6. The molecule has 2 amide bonds. The Morgan fingerprint density at radius 1 is 1.06 bits per heavy atom. The Morgan fingerprint density at radius 3 is 2.44 bits per heavy atom. The number of nitrogens with one attached hydrogen (secondary N) is 3. The molecule has 15 heteroatoms.